The number of hydrogen-bond acceptors (Lipinski definition) is 4. The van der Waals surface area contributed by atoms with E-state index in [1.807, 2.05) is 0 Å². The molecule has 0 radical (unpaired) electrons. The van der Waals surface area contributed by atoms with Crippen LogP contribution in [0.1, 0.15) is 29.9 Å². The van der Waals surface area contributed by atoms with Gasteiger partial charge in [-0.05, 0) is 42.5 Å². The van der Waals surface area contributed by atoms with Crippen LogP contribution in [0.2, 0.25) is 0 Å². The number of rotatable bonds is 4. The van der Waals surface area contributed by atoms with Gasteiger partial charge in [0.25, 0.3) is 0 Å². The number of ether oxygens (including phenoxy) is 1. The van der Waals surface area contributed by atoms with E-state index in [0.29, 0.717) is 36.1 Å². The van der Waals surface area contributed by atoms with E-state index < -0.39 is 21.9 Å². The van der Waals surface area contributed by atoms with Crippen molar-refractivity contribution in [3.63, 3.8) is 0 Å². The van der Waals surface area contributed by atoms with Crippen molar-refractivity contribution in [1.82, 2.24) is 4.31 Å². The second kappa shape index (κ2) is 5.65. The maximum absolute atomic E-state index is 12.5. The largest absolute Gasteiger partial charge is 0.496 e. The number of aliphatic carboxylic acids is 1. The number of benzene rings is 1. The van der Waals surface area contributed by atoms with Crippen molar-refractivity contribution in [3.8, 4) is 5.75 Å². The molecule has 0 heterocycles. The van der Waals surface area contributed by atoms with Crippen molar-refractivity contribution in [3.05, 3.63) is 23.3 Å². The molecule has 116 valence electrons. The van der Waals surface area contributed by atoms with Crippen LogP contribution in [0.15, 0.2) is 17.0 Å². The minimum Gasteiger partial charge on any atom is -0.496 e. The van der Waals surface area contributed by atoms with Gasteiger partial charge in [-0.1, -0.05) is 0 Å². The van der Waals surface area contributed by atoms with Gasteiger partial charge in [0.1, 0.15) is 5.75 Å². The van der Waals surface area contributed by atoms with Gasteiger partial charge in [0.05, 0.1) is 17.9 Å². The van der Waals surface area contributed by atoms with E-state index in [1.165, 1.54) is 27.3 Å². The summed E-state index contributed by atoms with van der Waals surface area (Å²) < 4.78 is 31.3. The quantitative estimate of drug-likeness (QED) is 0.909. The smallest absolute Gasteiger partial charge is 0.311 e. The molecule has 7 heteroatoms. The average molecular weight is 313 g/mol. The summed E-state index contributed by atoms with van der Waals surface area (Å²) in [6, 6.07) is 3.04. The van der Waals surface area contributed by atoms with E-state index in [4.69, 9.17) is 4.74 Å². The molecule has 1 aliphatic rings. The topological polar surface area (TPSA) is 83.9 Å². The number of hydrogen-bond donors (Lipinski definition) is 1. The summed E-state index contributed by atoms with van der Waals surface area (Å²) in [6.07, 6.45) is 1.76. The number of nitrogens with zero attached hydrogens (tertiary/aromatic N) is 1. The Morgan fingerprint density at radius 2 is 2.05 bits per heavy atom. The third-order valence-corrected chi connectivity index (χ3v) is 5.69. The highest BCUT2D eigenvalue weighted by Gasteiger charge is 2.35. The molecule has 1 N–H and O–H groups in total. The van der Waals surface area contributed by atoms with Crippen molar-refractivity contribution >= 4 is 16.0 Å². The summed E-state index contributed by atoms with van der Waals surface area (Å²) in [6.45, 7) is 0. The van der Waals surface area contributed by atoms with Crippen molar-refractivity contribution in [1.29, 1.82) is 0 Å². The number of methoxy groups -OCH3 is 1. The molecule has 1 aromatic carbocycles. The molecule has 1 aromatic rings. The van der Waals surface area contributed by atoms with Crippen molar-refractivity contribution < 1.29 is 23.1 Å². The van der Waals surface area contributed by atoms with Crippen LogP contribution >= 0.6 is 0 Å². The van der Waals surface area contributed by atoms with Crippen molar-refractivity contribution in [2.24, 2.45) is 0 Å². The van der Waals surface area contributed by atoms with E-state index in [-0.39, 0.29) is 4.90 Å². The number of fused-ring (bicyclic) bond motifs is 1. The van der Waals surface area contributed by atoms with Crippen LogP contribution in [-0.4, -0.2) is 45.0 Å². The fraction of sp³-hybridized carbons (Fsp3) is 0.500. The molecule has 6 nitrogen and oxygen atoms in total. The van der Waals surface area contributed by atoms with E-state index in [9.17, 15) is 18.3 Å². The SMILES string of the molecule is COc1ccc(S(=O)(=O)N(C)C)c2c1CCCC2C(=O)O. The van der Waals surface area contributed by atoms with E-state index >= 15 is 0 Å². The summed E-state index contributed by atoms with van der Waals surface area (Å²) in [4.78, 5) is 11.6. The number of carboxylic acid groups (broad SMARTS) is 1. The number of carboxylic acids is 1. The zero-order valence-electron chi connectivity index (χ0n) is 12.3. The van der Waals surface area contributed by atoms with Gasteiger partial charge >= 0.3 is 5.97 Å². The van der Waals surface area contributed by atoms with Gasteiger partial charge in [0.2, 0.25) is 10.0 Å². The minimum absolute atomic E-state index is 0.0652. The highest BCUT2D eigenvalue weighted by Crippen LogP contribution is 2.41. The Balaban J connectivity index is 2.77. The molecule has 1 unspecified atom stereocenters. The Bertz CT molecular complexity index is 666. The predicted octanol–water partition coefficient (Wildman–Crippen LogP) is 1.45. The van der Waals surface area contributed by atoms with Gasteiger partial charge in [-0.15, -0.1) is 0 Å². The highest BCUT2D eigenvalue weighted by molar-refractivity contribution is 7.89. The first-order valence-electron chi connectivity index (χ1n) is 6.65. The molecule has 0 bridgehead atoms. The summed E-state index contributed by atoms with van der Waals surface area (Å²) in [7, 11) is 0.675. The lowest BCUT2D eigenvalue weighted by molar-refractivity contribution is -0.139. The number of carbonyl (C=O) groups is 1. The standard InChI is InChI=1S/C14H19NO5S/c1-15(2)21(18,19)12-8-7-11(20-3)9-5-4-6-10(13(9)12)14(16)17/h7-8,10H,4-6H2,1-3H3,(H,16,17). The molecule has 1 atom stereocenters. The molecule has 0 saturated carbocycles. The monoisotopic (exact) mass is 313 g/mol. The number of sulfonamides is 1. The first kappa shape index (κ1) is 15.8. The fourth-order valence-corrected chi connectivity index (χ4v) is 3.93. The normalized spacial score (nSPS) is 18.4. The van der Waals surface area contributed by atoms with Gasteiger partial charge in [-0.2, -0.15) is 0 Å². The van der Waals surface area contributed by atoms with E-state index in [2.05, 4.69) is 0 Å². The lowest BCUT2D eigenvalue weighted by atomic mass is 9.82. The van der Waals surface area contributed by atoms with Crippen LogP contribution in [0.4, 0.5) is 0 Å². The van der Waals surface area contributed by atoms with E-state index in [0.717, 1.165) is 4.31 Å². The Morgan fingerprint density at radius 1 is 1.38 bits per heavy atom. The van der Waals surface area contributed by atoms with Gasteiger partial charge in [0, 0.05) is 14.1 Å². The molecule has 0 saturated heterocycles. The van der Waals surface area contributed by atoms with Gasteiger partial charge in [0.15, 0.2) is 0 Å². The van der Waals surface area contributed by atoms with E-state index in [1.54, 1.807) is 6.07 Å². The molecule has 0 spiro atoms. The van der Waals surface area contributed by atoms with Crippen molar-refractivity contribution in [2.45, 2.75) is 30.1 Å². The summed E-state index contributed by atoms with van der Waals surface area (Å²) in [5.41, 5.74) is 1.07. The summed E-state index contributed by atoms with van der Waals surface area (Å²) in [5.74, 6) is -1.26. The van der Waals surface area contributed by atoms with Gasteiger partial charge < -0.3 is 9.84 Å². The molecule has 0 fully saturated rings. The highest BCUT2D eigenvalue weighted by atomic mass is 32.2. The van der Waals surface area contributed by atoms with Crippen LogP contribution in [0.25, 0.3) is 0 Å². The van der Waals surface area contributed by atoms with Crippen LogP contribution in [0.3, 0.4) is 0 Å². The maximum atomic E-state index is 12.5. The Hall–Kier alpha value is -1.60. The second-order valence-corrected chi connectivity index (χ2v) is 7.35. The Labute approximate surface area is 124 Å². The third kappa shape index (κ3) is 2.63. The predicted molar refractivity (Wildman–Crippen MR) is 77.2 cm³/mol. The molecule has 0 amide bonds. The third-order valence-electron chi connectivity index (χ3n) is 3.82. The Morgan fingerprint density at radius 3 is 2.57 bits per heavy atom. The van der Waals surface area contributed by atoms with Crippen LogP contribution in [0, 0.1) is 0 Å². The van der Waals surface area contributed by atoms with Crippen LogP contribution in [-0.2, 0) is 21.2 Å². The molecular formula is C14H19NO5S. The minimum atomic E-state index is -3.70. The molecule has 2 rings (SSSR count). The van der Waals surface area contributed by atoms with Crippen LogP contribution < -0.4 is 4.74 Å². The second-order valence-electron chi connectivity index (χ2n) is 5.23. The molecule has 1 aliphatic carbocycles. The lowest BCUT2D eigenvalue weighted by Crippen LogP contribution is -2.27. The maximum Gasteiger partial charge on any atom is 0.311 e. The first-order chi connectivity index (χ1) is 9.80. The zero-order chi connectivity index (χ0) is 15.8. The van der Waals surface area contributed by atoms with Gasteiger partial charge in [-0.25, -0.2) is 12.7 Å². The molecule has 0 aromatic heterocycles. The first-order valence-corrected chi connectivity index (χ1v) is 8.09. The zero-order valence-corrected chi connectivity index (χ0v) is 13.1. The average Bonchev–Trinajstić information content (AvgIpc) is 2.44. The molecule has 0 aliphatic heterocycles. The Kier molecular flexibility index (Phi) is 4.25. The fourth-order valence-electron chi connectivity index (χ4n) is 2.75. The van der Waals surface area contributed by atoms with Crippen LogP contribution in [0.5, 0.6) is 5.75 Å². The lowest BCUT2D eigenvalue weighted by Gasteiger charge is -2.27. The molecular weight excluding hydrogens is 294 g/mol. The van der Waals surface area contributed by atoms with Crippen molar-refractivity contribution in [2.75, 3.05) is 21.2 Å². The summed E-state index contributed by atoms with van der Waals surface area (Å²) in [5, 5.41) is 9.43. The summed E-state index contributed by atoms with van der Waals surface area (Å²) >= 11 is 0. The molecule has 21 heavy (non-hydrogen) atoms. The van der Waals surface area contributed by atoms with Gasteiger partial charge in [-0.3, -0.25) is 4.79 Å².